The van der Waals surface area contributed by atoms with Crippen LogP contribution in [0.2, 0.25) is 0 Å². The van der Waals surface area contributed by atoms with E-state index in [1.165, 1.54) is 12.1 Å². The molecule has 1 saturated heterocycles. The number of hydrogen-bond acceptors (Lipinski definition) is 4. The van der Waals surface area contributed by atoms with Gasteiger partial charge in [-0.05, 0) is 12.1 Å². The summed E-state index contributed by atoms with van der Waals surface area (Å²) in [7, 11) is 0. The highest BCUT2D eigenvalue weighted by molar-refractivity contribution is 5.97. The predicted molar refractivity (Wildman–Crippen MR) is 79.1 cm³/mol. The number of aliphatic carboxylic acids is 1. The minimum atomic E-state index is -4.76. The van der Waals surface area contributed by atoms with E-state index >= 15 is 0 Å². The number of carbonyl (C=O) groups excluding carboxylic acids is 1. The van der Waals surface area contributed by atoms with Gasteiger partial charge in [0.05, 0.1) is 11.8 Å². The fraction of sp³-hybridized carbons (Fsp3) is 0.312. The topological polar surface area (TPSA) is 87.8 Å². The number of amides is 1. The van der Waals surface area contributed by atoms with E-state index in [4.69, 9.17) is 9.52 Å². The average molecular weight is 355 g/mol. The minimum absolute atomic E-state index is 0.238. The van der Waals surface area contributed by atoms with Crippen LogP contribution in [-0.2, 0) is 4.79 Å². The van der Waals surface area contributed by atoms with Crippen LogP contribution < -0.4 is 5.63 Å². The molecule has 25 heavy (non-hydrogen) atoms. The lowest BCUT2D eigenvalue weighted by molar-refractivity contribution is -0.187. The molecule has 1 aromatic carbocycles. The van der Waals surface area contributed by atoms with Crippen LogP contribution in [0.1, 0.15) is 10.4 Å². The molecule has 0 bridgehead atoms. The summed E-state index contributed by atoms with van der Waals surface area (Å²) < 4.78 is 44.0. The first-order chi connectivity index (χ1) is 11.7. The van der Waals surface area contributed by atoms with Crippen LogP contribution >= 0.6 is 0 Å². The number of alkyl halides is 3. The Balaban J connectivity index is 1.95. The van der Waals surface area contributed by atoms with Gasteiger partial charge in [0.1, 0.15) is 11.1 Å². The SMILES string of the molecule is O=C(O)[C@@H]1CN(C(=O)c2cc3ccccc3oc2=O)C[C@H]1C(F)(F)F. The number of nitrogens with zero attached hydrogens (tertiary/aromatic N) is 1. The van der Waals surface area contributed by atoms with E-state index in [-0.39, 0.29) is 5.58 Å². The highest BCUT2D eigenvalue weighted by Gasteiger charge is 2.53. The zero-order valence-corrected chi connectivity index (χ0v) is 12.6. The third-order valence-electron chi connectivity index (χ3n) is 4.22. The molecule has 1 amide bonds. The number of fused-ring (bicyclic) bond motifs is 1. The van der Waals surface area contributed by atoms with E-state index in [0.29, 0.717) is 5.39 Å². The Morgan fingerprint density at radius 3 is 2.48 bits per heavy atom. The number of benzene rings is 1. The van der Waals surface area contributed by atoms with Crippen LogP contribution in [0.3, 0.4) is 0 Å². The van der Waals surface area contributed by atoms with Crippen molar-refractivity contribution >= 4 is 22.8 Å². The number of likely N-dealkylation sites (tertiary alicyclic amines) is 1. The number of para-hydroxylation sites is 1. The molecule has 1 aliphatic rings. The van der Waals surface area contributed by atoms with Crippen molar-refractivity contribution in [2.24, 2.45) is 11.8 Å². The summed E-state index contributed by atoms with van der Waals surface area (Å²) in [5.74, 6) is -6.56. The molecular weight excluding hydrogens is 343 g/mol. The second kappa shape index (κ2) is 5.91. The van der Waals surface area contributed by atoms with Crippen LogP contribution in [-0.4, -0.2) is 41.1 Å². The second-order valence-corrected chi connectivity index (χ2v) is 5.79. The Hall–Kier alpha value is -2.84. The molecule has 1 aliphatic heterocycles. The van der Waals surface area contributed by atoms with Crippen LogP contribution in [0.15, 0.2) is 39.5 Å². The molecule has 0 saturated carbocycles. The van der Waals surface area contributed by atoms with Crippen molar-refractivity contribution in [1.82, 2.24) is 4.90 Å². The Kier molecular flexibility index (Phi) is 4.02. The molecule has 0 radical (unpaired) electrons. The maximum Gasteiger partial charge on any atom is 0.394 e. The zero-order chi connectivity index (χ0) is 18.4. The summed E-state index contributed by atoms with van der Waals surface area (Å²) >= 11 is 0. The van der Waals surface area contributed by atoms with Gasteiger partial charge in [0.2, 0.25) is 0 Å². The normalized spacial score (nSPS) is 20.8. The van der Waals surface area contributed by atoms with E-state index in [0.717, 1.165) is 4.90 Å². The monoisotopic (exact) mass is 355 g/mol. The first kappa shape index (κ1) is 17.0. The van der Waals surface area contributed by atoms with Gasteiger partial charge in [0.25, 0.3) is 5.91 Å². The number of carbonyl (C=O) groups is 2. The van der Waals surface area contributed by atoms with Crippen LogP contribution in [0.4, 0.5) is 13.2 Å². The zero-order valence-electron chi connectivity index (χ0n) is 12.6. The number of halogens is 3. The number of hydrogen-bond donors (Lipinski definition) is 1. The molecule has 1 fully saturated rings. The average Bonchev–Trinajstić information content (AvgIpc) is 2.99. The van der Waals surface area contributed by atoms with Gasteiger partial charge in [-0.15, -0.1) is 0 Å². The Morgan fingerprint density at radius 1 is 1.20 bits per heavy atom. The summed E-state index contributed by atoms with van der Waals surface area (Å²) in [4.78, 5) is 36.3. The Bertz CT molecular complexity index is 905. The van der Waals surface area contributed by atoms with Gasteiger partial charge in [0.15, 0.2) is 0 Å². The second-order valence-electron chi connectivity index (χ2n) is 5.79. The van der Waals surface area contributed by atoms with E-state index in [2.05, 4.69) is 0 Å². The van der Waals surface area contributed by atoms with Gasteiger partial charge in [-0.1, -0.05) is 18.2 Å². The first-order valence-electron chi connectivity index (χ1n) is 7.30. The predicted octanol–water partition coefficient (Wildman–Crippen LogP) is 2.13. The maximum absolute atomic E-state index is 13.0. The smallest absolute Gasteiger partial charge is 0.394 e. The third kappa shape index (κ3) is 3.09. The lowest BCUT2D eigenvalue weighted by Crippen LogP contribution is -2.34. The van der Waals surface area contributed by atoms with Gasteiger partial charge in [0, 0.05) is 18.5 Å². The summed E-state index contributed by atoms with van der Waals surface area (Å²) in [5.41, 5.74) is -1.17. The molecule has 0 unspecified atom stereocenters. The van der Waals surface area contributed by atoms with Crippen molar-refractivity contribution in [1.29, 1.82) is 0 Å². The van der Waals surface area contributed by atoms with E-state index in [1.54, 1.807) is 18.2 Å². The van der Waals surface area contributed by atoms with Crippen LogP contribution in [0.5, 0.6) is 0 Å². The molecule has 6 nitrogen and oxygen atoms in total. The summed E-state index contributed by atoms with van der Waals surface area (Å²) in [6.07, 6.45) is -4.76. The van der Waals surface area contributed by atoms with Crippen molar-refractivity contribution in [2.75, 3.05) is 13.1 Å². The fourth-order valence-electron chi connectivity index (χ4n) is 2.93. The molecule has 9 heteroatoms. The standard InChI is InChI=1S/C16H12F3NO5/c17-16(18,19)11-7-20(6-10(11)14(22)23)13(21)9-5-8-3-1-2-4-12(8)25-15(9)24/h1-5,10-11H,6-7H2,(H,22,23)/t10-,11-/m1/s1. The van der Waals surface area contributed by atoms with Gasteiger partial charge >= 0.3 is 17.8 Å². The molecule has 2 heterocycles. The van der Waals surface area contributed by atoms with Crippen molar-refractivity contribution in [3.8, 4) is 0 Å². The molecule has 2 atom stereocenters. The fourth-order valence-corrected chi connectivity index (χ4v) is 2.93. The molecular formula is C16H12F3NO5. The lowest BCUT2D eigenvalue weighted by atomic mass is 9.96. The van der Waals surface area contributed by atoms with E-state index < -0.39 is 54.2 Å². The number of carboxylic acids is 1. The van der Waals surface area contributed by atoms with E-state index in [1.807, 2.05) is 0 Å². The van der Waals surface area contributed by atoms with Gasteiger partial charge in [-0.25, -0.2) is 4.79 Å². The molecule has 1 aromatic heterocycles. The molecule has 0 aliphatic carbocycles. The minimum Gasteiger partial charge on any atom is -0.481 e. The van der Waals surface area contributed by atoms with Crippen LogP contribution in [0.25, 0.3) is 11.0 Å². The molecule has 132 valence electrons. The quantitative estimate of drug-likeness (QED) is 0.834. The number of rotatable bonds is 2. The van der Waals surface area contributed by atoms with Crippen molar-refractivity contribution in [3.63, 3.8) is 0 Å². The van der Waals surface area contributed by atoms with Gasteiger partial charge in [-0.2, -0.15) is 13.2 Å². The largest absolute Gasteiger partial charge is 0.481 e. The third-order valence-corrected chi connectivity index (χ3v) is 4.22. The number of carboxylic acid groups (broad SMARTS) is 1. The molecule has 3 rings (SSSR count). The van der Waals surface area contributed by atoms with E-state index in [9.17, 15) is 27.6 Å². The van der Waals surface area contributed by atoms with Gasteiger partial charge < -0.3 is 14.4 Å². The molecule has 2 aromatic rings. The molecule has 0 spiro atoms. The highest BCUT2D eigenvalue weighted by atomic mass is 19.4. The Labute approximate surface area is 138 Å². The highest BCUT2D eigenvalue weighted by Crippen LogP contribution is 2.38. The first-order valence-corrected chi connectivity index (χ1v) is 7.30. The van der Waals surface area contributed by atoms with Crippen molar-refractivity contribution < 1.29 is 32.3 Å². The summed E-state index contributed by atoms with van der Waals surface area (Å²) in [5, 5.41) is 9.43. The van der Waals surface area contributed by atoms with Crippen molar-refractivity contribution in [3.05, 3.63) is 46.3 Å². The van der Waals surface area contributed by atoms with Crippen LogP contribution in [0, 0.1) is 11.8 Å². The molecule has 1 N–H and O–H groups in total. The van der Waals surface area contributed by atoms with Crippen molar-refractivity contribution in [2.45, 2.75) is 6.18 Å². The lowest BCUT2D eigenvalue weighted by Gasteiger charge is -2.18. The summed E-state index contributed by atoms with van der Waals surface area (Å²) in [6, 6.07) is 7.60. The Morgan fingerprint density at radius 2 is 1.88 bits per heavy atom. The maximum atomic E-state index is 13.0. The van der Waals surface area contributed by atoms with Gasteiger partial charge in [-0.3, -0.25) is 9.59 Å². The summed E-state index contributed by atoms with van der Waals surface area (Å²) in [6.45, 7) is -1.43.